The molecule has 40 heavy (non-hydrogen) atoms. The molecule has 0 bridgehead atoms. The first-order valence-electron chi connectivity index (χ1n) is 14.0. The van der Waals surface area contributed by atoms with E-state index in [1.807, 2.05) is 0 Å². The molecule has 0 aliphatic carbocycles. The average molecular weight is 518 g/mol. The van der Waals surface area contributed by atoms with Gasteiger partial charge < -0.3 is 4.57 Å². The Bertz CT molecular complexity index is 1430. The van der Waals surface area contributed by atoms with E-state index in [4.69, 9.17) is 0 Å². The molecule has 0 fully saturated rings. The van der Waals surface area contributed by atoms with E-state index in [-0.39, 0.29) is 0 Å². The molecule has 196 valence electrons. The minimum absolute atomic E-state index is 1.16. The van der Waals surface area contributed by atoms with E-state index in [1.165, 1.54) is 72.6 Å². The number of nitrogens with zero attached hydrogens (tertiary/aromatic N) is 1. The first-order chi connectivity index (χ1) is 19.4. The predicted molar refractivity (Wildman–Crippen MR) is 171 cm³/mol. The summed E-state index contributed by atoms with van der Waals surface area (Å²) in [5.74, 6) is 0. The SMILES string of the molecule is Cc1ccc(-c2c(-c3ccc(C)cc3)c(-c3ccc(C)cc3)n(-c3ccc(C)cc3)c2-c2ccc(C)cc2)cc1. The van der Waals surface area contributed by atoms with Crippen LogP contribution in [0.25, 0.3) is 50.5 Å². The summed E-state index contributed by atoms with van der Waals surface area (Å²) >= 11 is 0. The van der Waals surface area contributed by atoms with Gasteiger partial charge in [-0.3, -0.25) is 0 Å². The molecular formula is C39H35N. The van der Waals surface area contributed by atoms with Crippen LogP contribution in [-0.2, 0) is 0 Å². The van der Waals surface area contributed by atoms with Gasteiger partial charge in [-0.05, 0) is 69.0 Å². The van der Waals surface area contributed by atoms with Crippen molar-refractivity contribution in [2.75, 3.05) is 0 Å². The molecule has 0 unspecified atom stereocenters. The van der Waals surface area contributed by atoms with E-state index in [9.17, 15) is 0 Å². The molecule has 0 saturated heterocycles. The molecule has 1 heterocycles. The van der Waals surface area contributed by atoms with E-state index >= 15 is 0 Å². The lowest BCUT2D eigenvalue weighted by molar-refractivity contribution is 1.09. The zero-order valence-corrected chi connectivity index (χ0v) is 24.0. The van der Waals surface area contributed by atoms with Crippen molar-refractivity contribution >= 4 is 0 Å². The molecule has 6 rings (SSSR count). The number of benzene rings is 5. The van der Waals surface area contributed by atoms with Crippen LogP contribution in [0.2, 0.25) is 0 Å². The maximum Gasteiger partial charge on any atom is 0.0619 e. The molecule has 1 aromatic heterocycles. The second-order valence-corrected chi connectivity index (χ2v) is 11.1. The Labute approximate surface area is 238 Å². The third-order valence-corrected chi connectivity index (χ3v) is 7.79. The molecule has 6 aromatic rings. The lowest BCUT2D eigenvalue weighted by Gasteiger charge is -2.16. The lowest BCUT2D eigenvalue weighted by atomic mass is 9.90. The molecule has 1 nitrogen and oxygen atoms in total. The van der Waals surface area contributed by atoms with E-state index in [2.05, 4.69) is 161 Å². The summed E-state index contributed by atoms with van der Waals surface area (Å²) in [5.41, 5.74) is 17.2. The zero-order chi connectivity index (χ0) is 27.8. The van der Waals surface area contributed by atoms with E-state index < -0.39 is 0 Å². The van der Waals surface area contributed by atoms with Gasteiger partial charge in [-0.15, -0.1) is 0 Å². The monoisotopic (exact) mass is 517 g/mol. The summed E-state index contributed by atoms with van der Waals surface area (Å²) in [6.45, 7) is 10.8. The van der Waals surface area contributed by atoms with Crippen LogP contribution < -0.4 is 0 Å². The number of hydrogen-bond donors (Lipinski definition) is 0. The fourth-order valence-electron chi connectivity index (χ4n) is 5.50. The summed E-state index contributed by atoms with van der Waals surface area (Å²) in [6.07, 6.45) is 0. The summed E-state index contributed by atoms with van der Waals surface area (Å²) in [5, 5.41) is 0. The molecule has 0 atom stereocenters. The molecule has 1 heteroatoms. The number of aryl methyl sites for hydroxylation is 5. The topological polar surface area (TPSA) is 4.93 Å². The molecular weight excluding hydrogens is 482 g/mol. The van der Waals surface area contributed by atoms with Gasteiger partial charge in [-0.25, -0.2) is 0 Å². The highest BCUT2D eigenvalue weighted by Gasteiger charge is 2.28. The lowest BCUT2D eigenvalue weighted by Crippen LogP contribution is -2.00. The van der Waals surface area contributed by atoms with E-state index in [1.54, 1.807) is 0 Å². The van der Waals surface area contributed by atoms with Gasteiger partial charge in [-0.1, -0.05) is 137 Å². The van der Waals surface area contributed by atoms with Gasteiger partial charge in [-0.2, -0.15) is 0 Å². The molecule has 0 radical (unpaired) electrons. The summed E-state index contributed by atoms with van der Waals surface area (Å²) < 4.78 is 2.49. The maximum atomic E-state index is 2.49. The number of rotatable bonds is 5. The van der Waals surface area contributed by atoms with Crippen molar-refractivity contribution in [1.29, 1.82) is 0 Å². The highest BCUT2D eigenvalue weighted by molar-refractivity contribution is 6.03. The molecule has 0 aliphatic rings. The van der Waals surface area contributed by atoms with Gasteiger partial charge in [0.05, 0.1) is 11.4 Å². The second-order valence-electron chi connectivity index (χ2n) is 11.1. The molecule has 0 aliphatic heterocycles. The Morgan fingerprint density at radius 2 is 0.550 bits per heavy atom. The first kappa shape index (κ1) is 25.6. The van der Waals surface area contributed by atoms with Gasteiger partial charge in [0.15, 0.2) is 0 Å². The van der Waals surface area contributed by atoms with Gasteiger partial charge in [0.1, 0.15) is 0 Å². The molecule has 0 saturated carbocycles. The van der Waals surface area contributed by atoms with Crippen molar-refractivity contribution < 1.29 is 0 Å². The van der Waals surface area contributed by atoms with Crippen LogP contribution in [0, 0.1) is 34.6 Å². The van der Waals surface area contributed by atoms with Crippen LogP contribution >= 0.6 is 0 Å². The highest BCUT2D eigenvalue weighted by Crippen LogP contribution is 2.50. The van der Waals surface area contributed by atoms with Crippen molar-refractivity contribution in [2.45, 2.75) is 34.6 Å². The Kier molecular flexibility index (Phi) is 6.74. The van der Waals surface area contributed by atoms with Crippen molar-refractivity contribution in [3.63, 3.8) is 0 Å². The van der Waals surface area contributed by atoms with Crippen LogP contribution in [0.4, 0.5) is 0 Å². The third-order valence-electron chi connectivity index (χ3n) is 7.79. The van der Waals surface area contributed by atoms with Gasteiger partial charge in [0.2, 0.25) is 0 Å². The van der Waals surface area contributed by atoms with Crippen molar-refractivity contribution in [3.05, 3.63) is 149 Å². The maximum absolute atomic E-state index is 2.49. The molecule has 0 spiro atoms. The largest absolute Gasteiger partial charge is 0.308 e. The summed E-state index contributed by atoms with van der Waals surface area (Å²) in [4.78, 5) is 0. The fraction of sp³-hybridized carbons (Fsp3) is 0.128. The van der Waals surface area contributed by atoms with Gasteiger partial charge in [0, 0.05) is 16.8 Å². The van der Waals surface area contributed by atoms with E-state index in [0.29, 0.717) is 0 Å². The zero-order valence-electron chi connectivity index (χ0n) is 24.0. The molecule has 0 amide bonds. The standard InChI is InChI=1S/C39H35N/c1-26-6-16-31(17-7-26)36-37(32-18-8-27(2)9-19-32)39(34-22-12-29(4)13-23-34)40(35-24-14-30(5)15-25-35)38(36)33-20-10-28(3)11-21-33/h6-25H,1-5H3. The fourth-order valence-corrected chi connectivity index (χ4v) is 5.50. The Morgan fingerprint density at radius 3 is 0.850 bits per heavy atom. The van der Waals surface area contributed by atoms with Crippen LogP contribution in [0.3, 0.4) is 0 Å². The predicted octanol–water partition coefficient (Wildman–Crippen LogP) is 10.7. The quantitative estimate of drug-likeness (QED) is 0.214. The Balaban J connectivity index is 1.84. The van der Waals surface area contributed by atoms with Gasteiger partial charge in [0.25, 0.3) is 0 Å². The van der Waals surface area contributed by atoms with E-state index in [0.717, 1.165) is 5.69 Å². The Morgan fingerprint density at radius 1 is 0.300 bits per heavy atom. The summed E-state index contributed by atoms with van der Waals surface area (Å²) in [6, 6.07) is 44.9. The number of aromatic nitrogens is 1. The second kappa shape index (κ2) is 10.5. The van der Waals surface area contributed by atoms with Crippen LogP contribution in [0.15, 0.2) is 121 Å². The minimum Gasteiger partial charge on any atom is -0.308 e. The minimum atomic E-state index is 1.16. The van der Waals surface area contributed by atoms with Crippen molar-refractivity contribution in [1.82, 2.24) is 4.57 Å². The molecule has 5 aromatic carbocycles. The normalized spacial score (nSPS) is 11.1. The van der Waals surface area contributed by atoms with Gasteiger partial charge >= 0.3 is 0 Å². The van der Waals surface area contributed by atoms with Crippen LogP contribution in [0.5, 0.6) is 0 Å². The third kappa shape index (κ3) is 4.80. The van der Waals surface area contributed by atoms with Crippen molar-refractivity contribution in [2.24, 2.45) is 0 Å². The highest BCUT2D eigenvalue weighted by atomic mass is 15.0. The Hall–Kier alpha value is -4.62. The smallest absolute Gasteiger partial charge is 0.0619 e. The number of hydrogen-bond acceptors (Lipinski definition) is 0. The van der Waals surface area contributed by atoms with Crippen LogP contribution in [-0.4, -0.2) is 4.57 Å². The average Bonchev–Trinajstić information content (AvgIpc) is 3.31. The molecule has 0 N–H and O–H groups in total. The van der Waals surface area contributed by atoms with Crippen LogP contribution in [0.1, 0.15) is 27.8 Å². The summed E-state index contributed by atoms with van der Waals surface area (Å²) in [7, 11) is 0. The first-order valence-corrected chi connectivity index (χ1v) is 14.0. The van der Waals surface area contributed by atoms with Crippen molar-refractivity contribution in [3.8, 4) is 50.5 Å².